The van der Waals surface area contributed by atoms with Crippen LogP contribution in [-0.4, -0.2) is 11.9 Å². The van der Waals surface area contributed by atoms with Gasteiger partial charge in [-0.2, -0.15) is 0 Å². The predicted octanol–water partition coefficient (Wildman–Crippen LogP) is 5.44. The van der Waals surface area contributed by atoms with E-state index >= 15 is 0 Å². The summed E-state index contributed by atoms with van der Waals surface area (Å²) < 4.78 is 0. The summed E-state index contributed by atoms with van der Waals surface area (Å²) in [6.45, 7) is 2.07. The number of rotatable bonds is 5. The number of fused-ring (bicyclic) bond motifs is 2. The molecule has 2 nitrogen and oxygen atoms in total. The molecule has 0 fully saturated rings. The molecule has 4 rings (SSSR count). The van der Waals surface area contributed by atoms with Crippen LogP contribution in [0.3, 0.4) is 0 Å². The third kappa shape index (κ3) is 4.07. The molecule has 3 aromatic rings. The standard InChI is InChI=1S/C26H25NO/c1-19(17-20-9-3-2-4-10-20)27-26(28)18-25-23-13-7-5-11-21(23)15-16-22-12-6-8-14-24(22)25/h2-16,19,25H,17-18H2,1H3,(H,27,28). The van der Waals surface area contributed by atoms with E-state index in [1.54, 1.807) is 0 Å². The zero-order valence-electron chi connectivity index (χ0n) is 16.1. The molecule has 140 valence electrons. The molecule has 0 heterocycles. The molecule has 1 aliphatic carbocycles. The molecule has 0 bridgehead atoms. The van der Waals surface area contributed by atoms with E-state index in [-0.39, 0.29) is 17.9 Å². The Labute approximate surface area is 166 Å². The first-order valence-electron chi connectivity index (χ1n) is 9.90. The highest BCUT2D eigenvalue weighted by Crippen LogP contribution is 2.36. The van der Waals surface area contributed by atoms with Crippen molar-refractivity contribution >= 4 is 18.1 Å². The van der Waals surface area contributed by atoms with Crippen molar-refractivity contribution in [1.82, 2.24) is 5.32 Å². The van der Waals surface area contributed by atoms with Crippen LogP contribution in [0.15, 0.2) is 78.9 Å². The third-order valence-electron chi connectivity index (χ3n) is 5.37. The Morgan fingerprint density at radius 2 is 1.36 bits per heavy atom. The fourth-order valence-electron chi connectivity index (χ4n) is 4.06. The molecule has 0 saturated carbocycles. The van der Waals surface area contributed by atoms with Crippen LogP contribution in [-0.2, 0) is 11.2 Å². The number of amides is 1. The first-order valence-corrected chi connectivity index (χ1v) is 9.90. The van der Waals surface area contributed by atoms with Crippen molar-refractivity contribution in [2.45, 2.75) is 31.7 Å². The molecule has 2 heteroatoms. The van der Waals surface area contributed by atoms with Gasteiger partial charge in [0.25, 0.3) is 0 Å². The number of hydrogen-bond donors (Lipinski definition) is 1. The molecular weight excluding hydrogens is 342 g/mol. The van der Waals surface area contributed by atoms with Gasteiger partial charge in [-0.05, 0) is 41.2 Å². The molecule has 0 aliphatic heterocycles. The Morgan fingerprint density at radius 1 is 0.821 bits per heavy atom. The average Bonchev–Trinajstić information content (AvgIpc) is 2.86. The lowest BCUT2D eigenvalue weighted by molar-refractivity contribution is -0.121. The van der Waals surface area contributed by atoms with Crippen LogP contribution in [0.2, 0.25) is 0 Å². The van der Waals surface area contributed by atoms with E-state index in [1.165, 1.54) is 27.8 Å². The second-order valence-electron chi connectivity index (χ2n) is 7.51. The maximum atomic E-state index is 12.9. The van der Waals surface area contributed by atoms with Crippen LogP contribution in [0.25, 0.3) is 12.2 Å². The topological polar surface area (TPSA) is 29.1 Å². The normalized spacial score (nSPS) is 13.9. The fraction of sp³-hybridized carbons (Fsp3) is 0.192. The summed E-state index contributed by atoms with van der Waals surface area (Å²) >= 11 is 0. The van der Waals surface area contributed by atoms with Gasteiger partial charge >= 0.3 is 0 Å². The Morgan fingerprint density at radius 3 is 1.96 bits per heavy atom. The van der Waals surface area contributed by atoms with Crippen LogP contribution >= 0.6 is 0 Å². The minimum Gasteiger partial charge on any atom is -0.353 e. The maximum Gasteiger partial charge on any atom is 0.221 e. The van der Waals surface area contributed by atoms with Gasteiger partial charge in [-0.15, -0.1) is 0 Å². The first-order chi connectivity index (χ1) is 13.7. The summed E-state index contributed by atoms with van der Waals surface area (Å²) in [5.74, 6) is 0.159. The van der Waals surface area contributed by atoms with Crippen LogP contribution in [0.1, 0.15) is 47.1 Å². The van der Waals surface area contributed by atoms with Crippen molar-refractivity contribution in [2.24, 2.45) is 0 Å². The van der Waals surface area contributed by atoms with E-state index < -0.39 is 0 Å². The molecular formula is C26H25NO. The van der Waals surface area contributed by atoms with E-state index in [4.69, 9.17) is 0 Å². The summed E-state index contributed by atoms with van der Waals surface area (Å²) in [5, 5.41) is 3.20. The molecule has 1 aliphatic rings. The number of carbonyl (C=O) groups is 1. The van der Waals surface area contributed by atoms with Crippen molar-refractivity contribution in [3.8, 4) is 0 Å². The summed E-state index contributed by atoms with van der Waals surface area (Å²) in [6.07, 6.45) is 5.61. The minimum absolute atomic E-state index is 0.0614. The number of hydrogen-bond acceptors (Lipinski definition) is 1. The number of benzene rings is 3. The molecule has 0 aromatic heterocycles. The van der Waals surface area contributed by atoms with Gasteiger partial charge in [-0.3, -0.25) is 4.79 Å². The van der Waals surface area contributed by atoms with Gasteiger partial charge < -0.3 is 5.32 Å². The quantitative estimate of drug-likeness (QED) is 0.639. The first kappa shape index (κ1) is 18.2. The highest BCUT2D eigenvalue weighted by atomic mass is 16.1. The molecule has 0 saturated heterocycles. The van der Waals surface area contributed by atoms with E-state index in [1.807, 2.05) is 18.2 Å². The van der Waals surface area contributed by atoms with Gasteiger partial charge in [0.15, 0.2) is 0 Å². The maximum absolute atomic E-state index is 12.9. The SMILES string of the molecule is CC(Cc1ccccc1)NC(=O)CC1c2ccccc2C=Cc2ccccc21. The molecule has 1 N–H and O–H groups in total. The summed E-state index contributed by atoms with van der Waals surface area (Å²) in [6, 6.07) is 27.2. The van der Waals surface area contributed by atoms with E-state index in [0.29, 0.717) is 6.42 Å². The van der Waals surface area contributed by atoms with Crippen LogP contribution in [0.4, 0.5) is 0 Å². The zero-order chi connectivity index (χ0) is 19.3. The summed E-state index contributed by atoms with van der Waals surface area (Å²) in [5.41, 5.74) is 6.05. The number of carbonyl (C=O) groups excluding carboxylic acids is 1. The predicted molar refractivity (Wildman–Crippen MR) is 116 cm³/mol. The highest BCUT2D eigenvalue weighted by molar-refractivity contribution is 5.81. The molecule has 0 spiro atoms. The van der Waals surface area contributed by atoms with Crippen LogP contribution < -0.4 is 5.32 Å². The lowest BCUT2D eigenvalue weighted by Crippen LogP contribution is -2.35. The van der Waals surface area contributed by atoms with Crippen molar-refractivity contribution in [2.75, 3.05) is 0 Å². The van der Waals surface area contributed by atoms with Crippen LogP contribution in [0.5, 0.6) is 0 Å². The van der Waals surface area contributed by atoms with Crippen molar-refractivity contribution in [3.05, 3.63) is 107 Å². The number of nitrogens with one attached hydrogen (secondary N) is 1. The Bertz CT molecular complexity index is 941. The Balaban J connectivity index is 1.53. The Kier molecular flexibility index (Phi) is 5.38. The summed E-state index contributed by atoms with van der Waals surface area (Å²) in [4.78, 5) is 12.9. The average molecular weight is 367 g/mol. The largest absolute Gasteiger partial charge is 0.353 e. The molecule has 1 atom stereocenters. The van der Waals surface area contributed by atoms with Crippen molar-refractivity contribution in [3.63, 3.8) is 0 Å². The molecule has 1 unspecified atom stereocenters. The fourth-order valence-corrected chi connectivity index (χ4v) is 4.06. The second-order valence-corrected chi connectivity index (χ2v) is 7.51. The van der Waals surface area contributed by atoms with Gasteiger partial charge in [-0.25, -0.2) is 0 Å². The summed E-state index contributed by atoms with van der Waals surface area (Å²) in [7, 11) is 0. The lowest BCUT2D eigenvalue weighted by Gasteiger charge is -2.21. The Hall–Kier alpha value is -3.13. The molecule has 0 radical (unpaired) electrons. The van der Waals surface area contributed by atoms with Crippen LogP contribution in [0, 0.1) is 0 Å². The van der Waals surface area contributed by atoms with E-state index in [9.17, 15) is 4.79 Å². The molecule has 3 aromatic carbocycles. The smallest absolute Gasteiger partial charge is 0.221 e. The molecule has 1 amide bonds. The second kappa shape index (κ2) is 8.26. The minimum atomic E-state index is 0.0614. The van der Waals surface area contributed by atoms with Gasteiger partial charge in [0.05, 0.1) is 0 Å². The van der Waals surface area contributed by atoms with Gasteiger partial charge in [-0.1, -0.05) is 91.0 Å². The van der Waals surface area contributed by atoms with Gasteiger partial charge in [0.1, 0.15) is 0 Å². The van der Waals surface area contributed by atoms with E-state index in [2.05, 4.69) is 85.1 Å². The van der Waals surface area contributed by atoms with Crippen molar-refractivity contribution in [1.29, 1.82) is 0 Å². The van der Waals surface area contributed by atoms with Gasteiger partial charge in [0, 0.05) is 18.4 Å². The highest BCUT2D eigenvalue weighted by Gasteiger charge is 2.24. The third-order valence-corrected chi connectivity index (χ3v) is 5.37. The zero-order valence-corrected chi connectivity index (χ0v) is 16.1. The van der Waals surface area contributed by atoms with Gasteiger partial charge in [0.2, 0.25) is 5.91 Å². The van der Waals surface area contributed by atoms with Crippen molar-refractivity contribution < 1.29 is 4.79 Å². The molecule has 28 heavy (non-hydrogen) atoms. The monoisotopic (exact) mass is 367 g/mol. The van der Waals surface area contributed by atoms with E-state index in [0.717, 1.165) is 6.42 Å². The lowest BCUT2D eigenvalue weighted by atomic mass is 9.85.